The predicted molar refractivity (Wildman–Crippen MR) is 78.8 cm³/mol. The van der Waals surface area contributed by atoms with E-state index in [4.69, 9.17) is 0 Å². The first kappa shape index (κ1) is 13.8. The van der Waals surface area contributed by atoms with Gasteiger partial charge in [0.25, 0.3) is 0 Å². The highest BCUT2D eigenvalue weighted by Gasteiger charge is 2.10. The summed E-state index contributed by atoms with van der Waals surface area (Å²) in [5.41, 5.74) is 1.37. The fraction of sp³-hybridized carbons (Fsp3) is 0.438. The Morgan fingerprint density at radius 2 is 2.05 bits per heavy atom. The van der Waals surface area contributed by atoms with Crippen LogP contribution in [0.15, 0.2) is 42.7 Å². The summed E-state index contributed by atoms with van der Waals surface area (Å²) in [6.07, 6.45) is 8.67. The van der Waals surface area contributed by atoms with E-state index in [-0.39, 0.29) is 0 Å². The monoisotopic (exact) mass is 257 g/mol. The molecule has 102 valence electrons. The van der Waals surface area contributed by atoms with E-state index in [9.17, 15) is 0 Å². The maximum atomic E-state index is 4.26. The van der Waals surface area contributed by atoms with Crippen molar-refractivity contribution in [1.29, 1.82) is 0 Å². The summed E-state index contributed by atoms with van der Waals surface area (Å²) in [6, 6.07) is 11.1. The smallest absolute Gasteiger partial charge is 0.120 e. The van der Waals surface area contributed by atoms with E-state index in [1.807, 2.05) is 6.20 Å². The lowest BCUT2D eigenvalue weighted by Gasteiger charge is -2.18. The van der Waals surface area contributed by atoms with Crippen LogP contribution in [0.5, 0.6) is 0 Å². The molecule has 0 saturated carbocycles. The van der Waals surface area contributed by atoms with Gasteiger partial charge in [-0.05, 0) is 12.0 Å². The molecule has 1 atom stereocenters. The van der Waals surface area contributed by atoms with Crippen LogP contribution >= 0.6 is 0 Å². The Labute approximate surface area is 115 Å². The van der Waals surface area contributed by atoms with Gasteiger partial charge in [0.1, 0.15) is 5.82 Å². The Kier molecular flexibility index (Phi) is 5.63. The molecule has 19 heavy (non-hydrogen) atoms. The van der Waals surface area contributed by atoms with Crippen LogP contribution in [0.1, 0.15) is 50.0 Å². The third kappa shape index (κ3) is 4.52. The van der Waals surface area contributed by atoms with Gasteiger partial charge in [0, 0.05) is 18.4 Å². The van der Waals surface area contributed by atoms with Gasteiger partial charge in [-0.2, -0.15) is 0 Å². The molecule has 0 radical (unpaired) electrons. The molecule has 1 heterocycles. The lowest BCUT2D eigenvalue weighted by molar-refractivity contribution is 0.468. The molecule has 0 amide bonds. The Balaban J connectivity index is 1.93. The Bertz CT molecular complexity index is 436. The normalized spacial score (nSPS) is 12.5. The second-order valence-electron chi connectivity index (χ2n) is 4.88. The molecule has 0 bridgehead atoms. The fourth-order valence-corrected chi connectivity index (χ4v) is 2.28. The van der Waals surface area contributed by atoms with Crippen LogP contribution in [0, 0.1) is 0 Å². The molecule has 0 aliphatic carbocycles. The van der Waals surface area contributed by atoms with Crippen LogP contribution in [-0.4, -0.2) is 9.97 Å². The van der Waals surface area contributed by atoms with E-state index in [1.54, 1.807) is 6.20 Å². The van der Waals surface area contributed by atoms with Gasteiger partial charge < -0.3 is 10.3 Å². The van der Waals surface area contributed by atoms with Gasteiger partial charge >= 0.3 is 0 Å². The Morgan fingerprint density at radius 1 is 1.21 bits per heavy atom. The maximum absolute atomic E-state index is 4.26. The summed E-state index contributed by atoms with van der Waals surface area (Å²) < 4.78 is 0. The molecule has 0 fully saturated rings. The molecule has 1 aromatic carbocycles. The summed E-state index contributed by atoms with van der Waals surface area (Å²) in [5, 5.41) is 3.60. The van der Waals surface area contributed by atoms with Crippen LogP contribution in [0.25, 0.3) is 0 Å². The zero-order valence-corrected chi connectivity index (χ0v) is 11.6. The number of unbranched alkanes of at least 4 members (excludes halogenated alkanes) is 2. The number of benzene rings is 1. The number of hydrogen-bond acceptors (Lipinski definition) is 2. The van der Waals surface area contributed by atoms with Crippen molar-refractivity contribution in [2.24, 2.45) is 0 Å². The topological polar surface area (TPSA) is 40.7 Å². The van der Waals surface area contributed by atoms with E-state index >= 15 is 0 Å². The minimum Gasteiger partial charge on any atom is -0.348 e. The third-order valence-electron chi connectivity index (χ3n) is 3.37. The largest absolute Gasteiger partial charge is 0.348 e. The number of rotatable bonds is 8. The predicted octanol–water partition coefficient (Wildman–Crippen LogP) is 3.82. The molecular weight excluding hydrogens is 234 g/mol. The van der Waals surface area contributed by atoms with Gasteiger partial charge in [-0.1, -0.05) is 56.5 Å². The number of hydrogen-bond donors (Lipinski definition) is 2. The minimum absolute atomic E-state index is 0.415. The van der Waals surface area contributed by atoms with Gasteiger partial charge in [-0.15, -0.1) is 0 Å². The summed E-state index contributed by atoms with van der Waals surface area (Å²) in [6.45, 7) is 3.03. The first-order valence-electron chi connectivity index (χ1n) is 7.16. The van der Waals surface area contributed by atoms with Gasteiger partial charge in [0.2, 0.25) is 0 Å². The highest BCUT2D eigenvalue weighted by Crippen LogP contribution is 2.20. The minimum atomic E-state index is 0.415. The lowest BCUT2D eigenvalue weighted by atomic mass is 10.0. The average molecular weight is 257 g/mol. The molecule has 3 heteroatoms. The van der Waals surface area contributed by atoms with Crippen molar-refractivity contribution in [2.75, 3.05) is 0 Å². The average Bonchev–Trinajstić information content (AvgIpc) is 2.97. The SMILES string of the molecule is CCCCCC(NCc1ncc[nH]1)c1ccccc1. The van der Waals surface area contributed by atoms with Crippen LogP contribution in [0.2, 0.25) is 0 Å². The summed E-state index contributed by atoms with van der Waals surface area (Å²) in [5.74, 6) is 0.997. The van der Waals surface area contributed by atoms with Gasteiger partial charge in [-0.3, -0.25) is 0 Å². The zero-order valence-electron chi connectivity index (χ0n) is 11.6. The van der Waals surface area contributed by atoms with Crippen molar-refractivity contribution >= 4 is 0 Å². The van der Waals surface area contributed by atoms with Crippen molar-refractivity contribution in [2.45, 2.75) is 45.2 Å². The molecule has 0 saturated heterocycles. The lowest BCUT2D eigenvalue weighted by Crippen LogP contribution is -2.21. The Morgan fingerprint density at radius 3 is 2.74 bits per heavy atom. The zero-order chi connectivity index (χ0) is 13.3. The van der Waals surface area contributed by atoms with Crippen molar-refractivity contribution in [3.63, 3.8) is 0 Å². The second kappa shape index (κ2) is 7.74. The molecule has 0 aliphatic heterocycles. The highest BCUT2D eigenvalue weighted by atomic mass is 15.0. The molecule has 3 nitrogen and oxygen atoms in total. The standard InChI is InChI=1S/C16H23N3/c1-2-3-5-10-15(14-8-6-4-7-9-14)19-13-16-17-11-12-18-16/h4,6-9,11-12,15,19H,2-3,5,10,13H2,1H3,(H,17,18). The molecule has 1 unspecified atom stereocenters. The second-order valence-corrected chi connectivity index (χ2v) is 4.88. The van der Waals surface area contributed by atoms with E-state index in [0.29, 0.717) is 6.04 Å². The fourth-order valence-electron chi connectivity index (χ4n) is 2.28. The van der Waals surface area contributed by atoms with Crippen molar-refractivity contribution in [1.82, 2.24) is 15.3 Å². The summed E-state index contributed by atoms with van der Waals surface area (Å²) in [4.78, 5) is 7.40. The van der Waals surface area contributed by atoms with Crippen LogP contribution in [0.4, 0.5) is 0 Å². The first-order chi connectivity index (χ1) is 9.40. The quantitative estimate of drug-likeness (QED) is 0.706. The number of nitrogens with zero attached hydrogens (tertiary/aromatic N) is 1. The first-order valence-corrected chi connectivity index (χ1v) is 7.16. The highest BCUT2D eigenvalue weighted by molar-refractivity contribution is 5.18. The van der Waals surface area contributed by atoms with Crippen LogP contribution < -0.4 is 5.32 Å². The molecule has 2 rings (SSSR count). The number of H-pyrrole nitrogens is 1. The van der Waals surface area contributed by atoms with Crippen molar-refractivity contribution < 1.29 is 0 Å². The molecule has 2 aromatic rings. The van der Waals surface area contributed by atoms with Crippen molar-refractivity contribution in [3.8, 4) is 0 Å². The molecule has 2 N–H and O–H groups in total. The van der Waals surface area contributed by atoms with Gasteiger partial charge in [-0.25, -0.2) is 4.98 Å². The third-order valence-corrected chi connectivity index (χ3v) is 3.37. The number of nitrogens with one attached hydrogen (secondary N) is 2. The van der Waals surface area contributed by atoms with Crippen LogP contribution in [0.3, 0.4) is 0 Å². The van der Waals surface area contributed by atoms with E-state index in [0.717, 1.165) is 12.4 Å². The number of aromatic amines is 1. The van der Waals surface area contributed by atoms with E-state index < -0.39 is 0 Å². The van der Waals surface area contributed by atoms with Crippen molar-refractivity contribution in [3.05, 3.63) is 54.1 Å². The van der Waals surface area contributed by atoms with Crippen LogP contribution in [-0.2, 0) is 6.54 Å². The molecule has 0 aliphatic rings. The summed E-state index contributed by atoms with van der Waals surface area (Å²) in [7, 11) is 0. The molecule has 0 spiro atoms. The Hall–Kier alpha value is -1.61. The van der Waals surface area contributed by atoms with Gasteiger partial charge in [0.15, 0.2) is 0 Å². The number of imidazole rings is 1. The summed E-state index contributed by atoms with van der Waals surface area (Å²) >= 11 is 0. The molecule has 1 aromatic heterocycles. The maximum Gasteiger partial charge on any atom is 0.120 e. The van der Waals surface area contributed by atoms with E-state index in [1.165, 1.54) is 31.2 Å². The van der Waals surface area contributed by atoms with Gasteiger partial charge in [0.05, 0.1) is 6.54 Å². The van der Waals surface area contributed by atoms with E-state index in [2.05, 4.69) is 52.5 Å². The number of aromatic nitrogens is 2. The molecular formula is C16H23N3.